The summed E-state index contributed by atoms with van der Waals surface area (Å²) in [7, 11) is 0. The summed E-state index contributed by atoms with van der Waals surface area (Å²) in [6, 6.07) is 30.0. The Hall–Kier alpha value is -4.38. The Morgan fingerprint density at radius 1 is 0.750 bits per heavy atom. The molecule has 3 N–H and O–H groups in total. The number of fused-ring (bicyclic) bond motifs is 3. The largest absolute Gasteiger partial charge is 0.397 e. The molecule has 1 amide bonds. The predicted octanol–water partition coefficient (Wildman–Crippen LogP) is 5.04. The molecule has 0 radical (unpaired) electrons. The van der Waals surface area contributed by atoms with Crippen LogP contribution in [0.15, 0.2) is 102 Å². The third-order valence-corrected chi connectivity index (χ3v) is 5.65. The Bertz CT molecular complexity index is 1520. The van der Waals surface area contributed by atoms with Gasteiger partial charge in [0.25, 0.3) is 11.5 Å². The van der Waals surface area contributed by atoms with Crippen LogP contribution >= 0.6 is 0 Å². The van der Waals surface area contributed by atoms with Crippen molar-refractivity contribution in [3.05, 3.63) is 119 Å². The molecule has 0 bridgehead atoms. The van der Waals surface area contributed by atoms with Crippen LogP contribution in [0.4, 0.5) is 11.4 Å². The molecule has 32 heavy (non-hydrogen) atoms. The highest BCUT2D eigenvalue weighted by atomic mass is 16.1. The van der Waals surface area contributed by atoms with E-state index in [0.717, 1.165) is 21.9 Å². The number of benzene rings is 4. The van der Waals surface area contributed by atoms with Gasteiger partial charge in [-0.15, -0.1) is 0 Å². The van der Waals surface area contributed by atoms with E-state index in [2.05, 4.69) is 5.32 Å². The van der Waals surface area contributed by atoms with E-state index in [-0.39, 0.29) is 11.5 Å². The van der Waals surface area contributed by atoms with Crippen molar-refractivity contribution in [2.75, 3.05) is 11.1 Å². The van der Waals surface area contributed by atoms with Gasteiger partial charge < -0.3 is 15.6 Å². The lowest BCUT2D eigenvalue weighted by Crippen LogP contribution is -2.21. The van der Waals surface area contributed by atoms with Crippen molar-refractivity contribution >= 4 is 39.0 Å². The highest BCUT2D eigenvalue weighted by Gasteiger charge is 2.12. The Kier molecular flexibility index (Phi) is 4.92. The summed E-state index contributed by atoms with van der Waals surface area (Å²) in [5.74, 6) is -0.234. The van der Waals surface area contributed by atoms with Crippen molar-refractivity contribution in [3.8, 4) is 0 Å². The van der Waals surface area contributed by atoms with Crippen molar-refractivity contribution < 1.29 is 4.79 Å². The minimum atomic E-state index is -0.234. The highest BCUT2D eigenvalue weighted by molar-refractivity contribution is 6.06. The van der Waals surface area contributed by atoms with Crippen LogP contribution in [0.3, 0.4) is 0 Å². The quantitative estimate of drug-likeness (QED) is 0.317. The molecule has 156 valence electrons. The van der Waals surface area contributed by atoms with Gasteiger partial charge >= 0.3 is 0 Å². The van der Waals surface area contributed by atoms with Crippen LogP contribution in [-0.4, -0.2) is 10.5 Å². The maximum Gasteiger partial charge on any atom is 0.259 e. The first-order valence-electron chi connectivity index (χ1n) is 10.4. The molecular formula is C27H21N3O2. The number of carbonyl (C=O) groups is 1. The third-order valence-electron chi connectivity index (χ3n) is 5.65. The number of nitrogens with zero attached hydrogens (tertiary/aromatic N) is 1. The maximum absolute atomic E-state index is 13.2. The van der Waals surface area contributed by atoms with Crippen LogP contribution in [0.25, 0.3) is 21.7 Å². The topological polar surface area (TPSA) is 77.1 Å². The lowest BCUT2D eigenvalue weighted by atomic mass is 10.1. The molecule has 0 aliphatic heterocycles. The summed E-state index contributed by atoms with van der Waals surface area (Å²) in [4.78, 5) is 25.8. The van der Waals surface area contributed by atoms with Crippen LogP contribution in [-0.2, 0) is 6.54 Å². The molecule has 0 unspecified atom stereocenters. The molecular weight excluding hydrogens is 398 g/mol. The van der Waals surface area contributed by atoms with E-state index in [0.29, 0.717) is 28.9 Å². The first-order chi connectivity index (χ1) is 15.6. The SMILES string of the molecule is Nc1ccccc1NC(=O)c1ccc(Cn2c(=O)c3ccccc3c3ccccc32)cc1. The van der Waals surface area contributed by atoms with Gasteiger partial charge in [-0.3, -0.25) is 9.59 Å². The first-order valence-corrected chi connectivity index (χ1v) is 10.4. The fourth-order valence-electron chi connectivity index (χ4n) is 4.00. The van der Waals surface area contributed by atoms with E-state index in [9.17, 15) is 9.59 Å². The van der Waals surface area contributed by atoms with Gasteiger partial charge in [-0.25, -0.2) is 0 Å². The third kappa shape index (κ3) is 3.50. The van der Waals surface area contributed by atoms with Gasteiger partial charge in [0, 0.05) is 16.3 Å². The van der Waals surface area contributed by atoms with Crippen LogP contribution in [0.5, 0.6) is 0 Å². The molecule has 5 heteroatoms. The van der Waals surface area contributed by atoms with Gasteiger partial charge in [0.2, 0.25) is 0 Å². The monoisotopic (exact) mass is 419 g/mol. The number of hydrogen-bond acceptors (Lipinski definition) is 3. The number of amides is 1. The van der Waals surface area contributed by atoms with Crippen LogP contribution in [0.1, 0.15) is 15.9 Å². The lowest BCUT2D eigenvalue weighted by molar-refractivity contribution is 0.102. The molecule has 0 atom stereocenters. The van der Waals surface area contributed by atoms with Crippen LogP contribution in [0.2, 0.25) is 0 Å². The van der Waals surface area contributed by atoms with E-state index in [1.807, 2.05) is 72.8 Å². The fraction of sp³-hybridized carbons (Fsp3) is 0.0370. The molecule has 0 aliphatic carbocycles. The van der Waals surface area contributed by atoms with Crippen molar-refractivity contribution in [3.63, 3.8) is 0 Å². The van der Waals surface area contributed by atoms with Crippen molar-refractivity contribution in [1.82, 2.24) is 4.57 Å². The number of rotatable bonds is 4. The number of nitrogen functional groups attached to an aromatic ring is 1. The van der Waals surface area contributed by atoms with E-state index in [1.165, 1.54) is 0 Å². The summed E-state index contributed by atoms with van der Waals surface area (Å²) >= 11 is 0. The summed E-state index contributed by atoms with van der Waals surface area (Å²) in [5.41, 5.74) is 9.32. The normalized spacial score (nSPS) is 11.0. The zero-order valence-electron chi connectivity index (χ0n) is 17.3. The number of nitrogens with one attached hydrogen (secondary N) is 1. The Balaban J connectivity index is 1.47. The maximum atomic E-state index is 13.2. The molecule has 0 spiro atoms. The number of aromatic nitrogens is 1. The molecule has 0 saturated carbocycles. The number of carbonyl (C=O) groups excluding carboxylic acids is 1. The van der Waals surface area contributed by atoms with Crippen molar-refractivity contribution in [1.29, 1.82) is 0 Å². The number of para-hydroxylation sites is 3. The van der Waals surface area contributed by atoms with E-state index in [1.54, 1.807) is 28.8 Å². The molecule has 0 fully saturated rings. The average molecular weight is 419 g/mol. The van der Waals surface area contributed by atoms with E-state index < -0.39 is 0 Å². The van der Waals surface area contributed by atoms with Gasteiger partial charge in [-0.05, 0) is 47.3 Å². The molecule has 1 aromatic heterocycles. The van der Waals surface area contributed by atoms with Crippen molar-refractivity contribution in [2.24, 2.45) is 0 Å². The summed E-state index contributed by atoms with van der Waals surface area (Å²) in [6.07, 6.45) is 0. The minimum Gasteiger partial charge on any atom is -0.397 e. The molecule has 5 nitrogen and oxygen atoms in total. The smallest absolute Gasteiger partial charge is 0.259 e. The number of pyridine rings is 1. The van der Waals surface area contributed by atoms with E-state index in [4.69, 9.17) is 5.73 Å². The van der Waals surface area contributed by atoms with Gasteiger partial charge in [0.05, 0.1) is 23.4 Å². The summed E-state index contributed by atoms with van der Waals surface area (Å²) < 4.78 is 1.79. The van der Waals surface area contributed by atoms with Gasteiger partial charge in [-0.1, -0.05) is 60.7 Å². The van der Waals surface area contributed by atoms with Crippen molar-refractivity contribution in [2.45, 2.75) is 6.54 Å². The van der Waals surface area contributed by atoms with Crippen LogP contribution in [0, 0.1) is 0 Å². The second-order valence-electron chi connectivity index (χ2n) is 7.69. The molecule has 5 aromatic rings. The van der Waals surface area contributed by atoms with Crippen LogP contribution < -0.4 is 16.6 Å². The number of hydrogen-bond donors (Lipinski definition) is 2. The Labute approximate surface area is 184 Å². The molecule has 5 rings (SSSR count). The number of anilines is 2. The van der Waals surface area contributed by atoms with Gasteiger partial charge in [0.1, 0.15) is 0 Å². The molecule has 0 saturated heterocycles. The fourth-order valence-corrected chi connectivity index (χ4v) is 4.00. The van der Waals surface area contributed by atoms with Gasteiger partial charge in [0.15, 0.2) is 0 Å². The average Bonchev–Trinajstić information content (AvgIpc) is 2.83. The molecule has 4 aromatic carbocycles. The zero-order chi connectivity index (χ0) is 22.1. The molecule has 0 aliphatic rings. The summed E-state index contributed by atoms with van der Waals surface area (Å²) in [6.45, 7) is 0.414. The first kappa shape index (κ1) is 19.6. The minimum absolute atomic E-state index is 0.0272. The van der Waals surface area contributed by atoms with E-state index >= 15 is 0 Å². The predicted molar refractivity (Wildman–Crippen MR) is 130 cm³/mol. The Morgan fingerprint density at radius 3 is 2.12 bits per heavy atom. The number of nitrogens with two attached hydrogens (primary N) is 1. The summed E-state index contributed by atoms with van der Waals surface area (Å²) in [5, 5.41) is 5.52. The molecule has 1 heterocycles. The second kappa shape index (κ2) is 8.04. The Morgan fingerprint density at radius 2 is 1.38 bits per heavy atom. The second-order valence-corrected chi connectivity index (χ2v) is 7.69. The standard InChI is InChI=1S/C27H21N3O2/c28-23-10-4-5-11-24(23)29-26(31)19-15-13-18(14-16-19)17-30-25-12-6-3-8-21(25)20-7-1-2-9-22(20)27(30)32/h1-16H,17,28H2,(H,29,31). The van der Waals surface area contributed by atoms with Gasteiger partial charge in [-0.2, -0.15) is 0 Å². The lowest BCUT2D eigenvalue weighted by Gasteiger charge is -2.14. The zero-order valence-corrected chi connectivity index (χ0v) is 17.3. The highest BCUT2D eigenvalue weighted by Crippen LogP contribution is 2.23.